The SMILES string of the molecule is CC(C)(C)C1=CC(=Cc2cc(Br)ccc2O)C=C(C(C)(C)C)C1=O. The van der Waals surface area contributed by atoms with Crippen LogP contribution in [-0.4, -0.2) is 10.9 Å². The molecular formula is C21H25BrO2. The van der Waals surface area contributed by atoms with Gasteiger partial charge in [0.25, 0.3) is 0 Å². The largest absolute Gasteiger partial charge is 0.507 e. The van der Waals surface area contributed by atoms with Crippen molar-refractivity contribution in [2.24, 2.45) is 10.8 Å². The highest BCUT2D eigenvalue weighted by atomic mass is 79.9. The lowest BCUT2D eigenvalue weighted by Crippen LogP contribution is -2.27. The predicted molar refractivity (Wildman–Crippen MR) is 104 cm³/mol. The summed E-state index contributed by atoms with van der Waals surface area (Å²) in [4.78, 5) is 12.9. The first kappa shape index (κ1) is 18.7. The van der Waals surface area contributed by atoms with Crippen molar-refractivity contribution in [2.75, 3.05) is 0 Å². The Bertz CT molecular complexity index is 730. The van der Waals surface area contributed by atoms with E-state index >= 15 is 0 Å². The van der Waals surface area contributed by atoms with Crippen molar-refractivity contribution in [2.45, 2.75) is 41.5 Å². The molecule has 0 spiro atoms. The van der Waals surface area contributed by atoms with Gasteiger partial charge in [-0.3, -0.25) is 4.79 Å². The Morgan fingerprint density at radius 2 is 1.46 bits per heavy atom. The summed E-state index contributed by atoms with van der Waals surface area (Å²) in [5.74, 6) is 0.338. The predicted octanol–water partition coefficient (Wildman–Crippen LogP) is 6.07. The molecule has 1 aromatic carbocycles. The van der Waals surface area contributed by atoms with Gasteiger partial charge in [0.2, 0.25) is 0 Å². The Hall–Kier alpha value is -1.61. The Morgan fingerprint density at radius 1 is 0.958 bits per heavy atom. The highest BCUT2D eigenvalue weighted by molar-refractivity contribution is 9.10. The van der Waals surface area contributed by atoms with E-state index in [2.05, 4.69) is 57.5 Å². The second-order valence-electron chi connectivity index (χ2n) is 8.29. The summed E-state index contributed by atoms with van der Waals surface area (Å²) < 4.78 is 0.902. The zero-order chi connectivity index (χ0) is 18.3. The second kappa shape index (κ2) is 6.36. The molecule has 1 aliphatic rings. The van der Waals surface area contributed by atoms with Crippen LogP contribution in [0.2, 0.25) is 0 Å². The maximum absolute atomic E-state index is 12.9. The van der Waals surface area contributed by atoms with Crippen LogP contribution in [0.15, 0.2) is 51.5 Å². The molecule has 2 nitrogen and oxygen atoms in total. The first-order valence-corrected chi connectivity index (χ1v) is 8.88. The summed E-state index contributed by atoms with van der Waals surface area (Å²) in [5.41, 5.74) is 2.78. The number of phenols is 1. The molecule has 0 aromatic heterocycles. The van der Waals surface area contributed by atoms with Gasteiger partial charge in [-0.25, -0.2) is 0 Å². The molecule has 0 atom stereocenters. The van der Waals surface area contributed by atoms with Crippen LogP contribution in [0.3, 0.4) is 0 Å². The molecule has 2 rings (SSSR count). The van der Waals surface area contributed by atoms with E-state index in [1.165, 1.54) is 0 Å². The number of ketones is 1. The van der Waals surface area contributed by atoms with Crippen molar-refractivity contribution < 1.29 is 9.90 Å². The van der Waals surface area contributed by atoms with Crippen LogP contribution in [0, 0.1) is 10.8 Å². The van der Waals surface area contributed by atoms with Gasteiger partial charge in [-0.05, 0) is 52.8 Å². The average Bonchev–Trinajstić information content (AvgIpc) is 2.42. The van der Waals surface area contributed by atoms with E-state index in [9.17, 15) is 9.90 Å². The van der Waals surface area contributed by atoms with Crippen molar-refractivity contribution in [1.82, 2.24) is 0 Å². The van der Waals surface area contributed by atoms with Crippen molar-refractivity contribution in [1.29, 1.82) is 0 Å². The van der Waals surface area contributed by atoms with E-state index in [0.29, 0.717) is 0 Å². The third kappa shape index (κ3) is 4.07. The van der Waals surface area contributed by atoms with Crippen LogP contribution >= 0.6 is 15.9 Å². The number of benzene rings is 1. The molecule has 0 unspecified atom stereocenters. The zero-order valence-electron chi connectivity index (χ0n) is 15.2. The Kier molecular flexibility index (Phi) is 4.96. The van der Waals surface area contributed by atoms with Gasteiger partial charge in [0.1, 0.15) is 5.75 Å². The number of phenolic OH excluding ortho intramolecular Hbond substituents is 1. The number of Topliss-reactive ketones (excluding diaryl/α,β-unsaturated/α-hetero) is 1. The maximum Gasteiger partial charge on any atom is 0.186 e. The van der Waals surface area contributed by atoms with Gasteiger partial charge in [0, 0.05) is 21.2 Å². The Balaban J connectivity index is 2.64. The van der Waals surface area contributed by atoms with Gasteiger partial charge < -0.3 is 5.11 Å². The van der Waals surface area contributed by atoms with Crippen molar-refractivity contribution >= 4 is 27.8 Å². The number of carbonyl (C=O) groups excluding carboxylic acids is 1. The van der Waals surface area contributed by atoms with E-state index in [-0.39, 0.29) is 22.4 Å². The highest BCUT2D eigenvalue weighted by Gasteiger charge is 2.33. The summed E-state index contributed by atoms with van der Waals surface area (Å²) in [6.07, 6.45) is 5.81. The number of hydrogen-bond acceptors (Lipinski definition) is 2. The molecule has 0 saturated heterocycles. The van der Waals surface area contributed by atoms with Gasteiger partial charge in [-0.1, -0.05) is 57.5 Å². The average molecular weight is 389 g/mol. The number of aromatic hydroxyl groups is 1. The first-order valence-electron chi connectivity index (χ1n) is 8.09. The normalized spacial score (nSPS) is 16.0. The molecule has 0 bridgehead atoms. The van der Waals surface area contributed by atoms with Crippen molar-refractivity contribution in [3.8, 4) is 5.75 Å². The molecule has 0 saturated carbocycles. The van der Waals surface area contributed by atoms with Crippen molar-refractivity contribution in [3.63, 3.8) is 0 Å². The van der Waals surface area contributed by atoms with Crippen molar-refractivity contribution in [3.05, 3.63) is 57.1 Å². The first-order chi connectivity index (χ1) is 10.9. The Morgan fingerprint density at radius 3 is 1.92 bits per heavy atom. The van der Waals surface area contributed by atoms with E-state index in [4.69, 9.17) is 0 Å². The summed E-state index contributed by atoms with van der Waals surface area (Å²) in [6.45, 7) is 12.3. The molecule has 1 N–H and O–H groups in total. The molecule has 1 aliphatic carbocycles. The zero-order valence-corrected chi connectivity index (χ0v) is 16.8. The lowest BCUT2D eigenvalue weighted by atomic mass is 9.72. The minimum absolute atomic E-state index is 0.116. The smallest absolute Gasteiger partial charge is 0.186 e. The summed E-state index contributed by atoms with van der Waals surface area (Å²) >= 11 is 3.43. The van der Waals surface area contributed by atoms with Gasteiger partial charge in [-0.15, -0.1) is 0 Å². The van der Waals surface area contributed by atoms with Crippen LogP contribution in [0.4, 0.5) is 0 Å². The van der Waals surface area contributed by atoms with Gasteiger partial charge in [0.15, 0.2) is 5.78 Å². The summed E-state index contributed by atoms with van der Waals surface area (Å²) in [5, 5.41) is 10.1. The molecule has 0 amide bonds. The molecule has 3 heteroatoms. The highest BCUT2D eigenvalue weighted by Crippen LogP contribution is 2.39. The third-order valence-electron chi connectivity index (χ3n) is 4.04. The van der Waals surface area contributed by atoms with Gasteiger partial charge in [0.05, 0.1) is 0 Å². The number of carbonyl (C=O) groups is 1. The molecule has 24 heavy (non-hydrogen) atoms. The maximum atomic E-state index is 12.9. The topological polar surface area (TPSA) is 37.3 Å². The van der Waals surface area contributed by atoms with Crippen LogP contribution in [0.1, 0.15) is 47.1 Å². The number of halogens is 1. The summed E-state index contributed by atoms with van der Waals surface area (Å²) in [6, 6.07) is 5.33. The fraction of sp³-hybridized carbons (Fsp3) is 0.381. The van der Waals surface area contributed by atoms with E-state index in [1.807, 2.05) is 24.3 Å². The Labute approximate surface area is 153 Å². The molecule has 0 aliphatic heterocycles. The van der Waals surface area contributed by atoms with Gasteiger partial charge >= 0.3 is 0 Å². The van der Waals surface area contributed by atoms with E-state index in [1.54, 1.807) is 12.1 Å². The monoisotopic (exact) mass is 388 g/mol. The lowest BCUT2D eigenvalue weighted by molar-refractivity contribution is -0.114. The molecule has 1 aromatic rings. The second-order valence-corrected chi connectivity index (χ2v) is 9.21. The summed E-state index contributed by atoms with van der Waals surface area (Å²) in [7, 11) is 0. The third-order valence-corrected chi connectivity index (χ3v) is 4.53. The standard InChI is InChI=1S/C21H25BrO2/c1-20(2,3)16-10-13(11-17(19(16)24)21(4,5)6)9-14-12-15(22)7-8-18(14)23/h7-12,23H,1-6H3. The molecule has 128 valence electrons. The molecule has 0 fully saturated rings. The number of rotatable bonds is 1. The minimum Gasteiger partial charge on any atom is -0.507 e. The lowest BCUT2D eigenvalue weighted by Gasteiger charge is -2.31. The van der Waals surface area contributed by atoms with E-state index < -0.39 is 0 Å². The molecule has 0 radical (unpaired) electrons. The number of allylic oxidation sites excluding steroid dienone is 5. The number of hydrogen-bond donors (Lipinski definition) is 1. The van der Waals surface area contributed by atoms with Gasteiger partial charge in [-0.2, -0.15) is 0 Å². The van der Waals surface area contributed by atoms with Crippen LogP contribution in [0.25, 0.3) is 6.08 Å². The fourth-order valence-electron chi connectivity index (χ4n) is 2.67. The molecular weight excluding hydrogens is 364 g/mol. The van der Waals surface area contributed by atoms with Crippen LogP contribution in [-0.2, 0) is 4.79 Å². The van der Waals surface area contributed by atoms with Crippen LogP contribution in [0.5, 0.6) is 5.75 Å². The fourth-order valence-corrected chi connectivity index (χ4v) is 3.05. The van der Waals surface area contributed by atoms with Crippen LogP contribution < -0.4 is 0 Å². The minimum atomic E-state index is -0.236. The molecule has 0 heterocycles. The van der Waals surface area contributed by atoms with E-state index in [0.717, 1.165) is 26.8 Å². The quantitative estimate of drug-likeness (QED) is 0.633.